The van der Waals surface area contributed by atoms with Crippen molar-refractivity contribution in [3.05, 3.63) is 35.2 Å². The molecule has 2 aromatic heterocycles. The van der Waals surface area contributed by atoms with Gasteiger partial charge < -0.3 is 15.5 Å². The van der Waals surface area contributed by atoms with E-state index in [9.17, 15) is 0 Å². The molecule has 7 nitrogen and oxygen atoms in total. The second kappa shape index (κ2) is 8.20. The smallest absolute Gasteiger partial charge is 0.157 e. The molecule has 3 N–H and O–H groups in total. The van der Waals surface area contributed by atoms with Crippen LogP contribution < -0.4 is 10.6 Å². The first-order chi connectivity index (χ1) is 12.6. The standard InChI is InChI=1S/C18H23N7S/c1-20-17(23-24-19)12-5-6-13-15(11-12)22-18(14-7-10-26-16(13)14)21-8-4-9-25(2)3/h5-7,10-11H,4,8-9H2,1-3H3,(H,21,22)(H2,19,20,23). The highest BCUT2D eigenvalue weighted by atomic mass is 32.1. The molecule has 0 aliphatic carbocycles. The first-order valence-electron chi connectivity index (χ1n) is 8.46. The molecule has 2 heterocycles. The van der Waals surface area contributed by atoms with Crippen LogP contribution in [0.25, 0.3) is 21.0 Å². The average molecular weight is 369 g/mol. The zero-order valence-corrected chi connectivity index (χ0v) is 16.0. The first-order valence-corrected chi connectivity index (χ1v) is 9.34. The van der Waals surface area contributed by atoms with Crippen molar-refractivity contribution in [1.82, 2.24) is 15.2 Å². The van der Waals surface area contributed by atoms with Crippen LogP contribution >= 0.6 is 11.3 Å². The molecule has 136 valence electrons. The molecule has 0 radical (unpaired) electrons. The van der Waals surface area contributed by atoms with Crippen molar-refractivity contribution in [3.63, 3.8) is 0 Å². The zero-order valence-electron chi connectivity index (χ0n) is 15.2. The molecular formula is C18H23N7S. The molecule has 3 rings (SSSR count). The van der Waals surface area contributed by atoms with Crippen LogP contribution in [0.2, 0.25) is 0 Å². The Labute approximate surface area is 156 Å². The number of thiophene rings is 1. The van der Waals surface area contributed by atoms with Gasteiger partial charge in [0.25, 0.3) is 0 Å². The van der Waals surface area contributed by atoms with Crippen LogP contribution in [0.3, 0.4) is 0 Å². The Hall–Kier alpha value is -2.58. The molecular weight excluding hydrogens is 346 g/mol. The summed E-state index contributed by atoms with van der Waals surface area (Å²) in [6.07, 6.45) is 1.06. The molecule has 0 aliphatic heterocycles. The van der Waals surface area contributed by atoms with Crippen molar-refractivity contribution in [2.24, 2.45) is 10.3 Å². The summed E-state index contributed by atoms with van der Waals surface area (Å²) in [5, 5.41) is 17.8. The quantitative estimate of drug-likeness (QED) is 0.195. The third kappa shape index (κ3) is 3.81. The monoisotopic (exact) mass is 369 g/mol. The molecule has 26 heavy (non-hydrogen) atoms. The lowest BCUT2D eigenvalue weighted by atomic mass is 10.1. The van der Waals surface area contributed by atoms with Gasteiger partial charge in [0, 0.05) is 34.6 Å². The number of nitrogens with one attached hydrogen (secondary N) is 3. The summed E-state index contributed by atoms with van der Waals surface area (Å²) in [6, 6.07) is 8.14. The number of nitrogens with zero attached hydrogens (tertiary/aromatic N) is 4. The van der Waals surface area contributed by atoms with E-state index in [1.165, 1.54) is 4.70 Å². The lowest BCUT2D eigenvalue weighted by Gasteiger charge is -2.12. The van der Waals surface area contributed by atoms with Crippen molar-refractivity contribution in [2.75, 3.05) is 39.5 Å². The Morgan fingerprint density at radius 3 is 2.85 bits per heavy atom. The van der Waals surface area contributed by atoms with Crippen LogP contribution in [-0.4, -0.2) is 50.0 Å². The lowest BCUT2D eigenvalue weighted by molar-refractivity contribution is 0.405. The third-order valence-electron chi connectivity index (χ3n) is 4.13. The van der Waals surface area contributed by atoms with Crippen molar-refractivity contribution in [3.8, 4) is 0 Å². The maximum absolute atomic E-state index is 6.96. The van der Waals surface area contributed by atoms with Crippen molar-refractivity contribution >= 4 is 44.0 Å². The van der Waals surface area contributed by atoms with Crippen molar-refractivity contribution in [1.29, 1.82) is 5.53 Å². The van der Waals surface area contributed by atoms with Gasteiger partial charge >= 0.3 is 0 Å². The largest absolute Gasteiger partial charge is 0.371 e. The summed E-state index contributed by atoms with van der Waals surface area (Å²) in [7, 11) is 5.93. The number of pyridine rings is 1. The third-order valence-corrected chi connectivity index (χ3v) is 5.08. The minimum absolute atomic E-state index is 0.551. The van der Waals surface area contributed by atoms with E-state index in [1.54, 1.807) is 18.4 Å². The van der Waals surface area contributed by atoms with E-state index in [0.29, 0.717) is 5.84 Å². The molecule has 0 saturated heterocycles. The number of hydrogen-bond donors (Lipinski definition) is 3. The summed E-state index contributed by atoms with van der Waals surface area (Å²) < 4.78 is 1.23. The van der Waals surface area contributed by atoms with E-state index >= 15 is 0 Å². The Kier molecular flexibility index (Phi) is 5.75. The Balaban J connectivity index is 1.99. The van der Waals surface area contributed by atoms with Gasteiger partial charge in [-0.15, -0.1) is 16.4 Å². The van der Waals surface area contributed by atoms with Crippen molar-refractivity contribution < 1.29 is 0 Å². The van der Waals surface area contributed by atoms with Crippen LogP contribution in [0.15, 0.2) is 40.0 Å². The van der Waals surface area contributed by atoms with E-state index in [4.69, 9.17) is 10.5 Å². The molecule has 0 aliphatic rings. The normalized spacial score (nSPS) is 12.1. The van der Waals surface area contributed by atoms with Crippen molar-refractivity contribution in [2.45, 2.75) is 6.42 Å². The summed E-state index contributed by atoms with van der Waals surface area (Å²) in [6.45, 7) is 1.92. The molecule has 8 heteroatoms. The fourth-order valence-electron chi connectivity index (χ4n) is 2.89. The molecule has 0 atom stereocenters. The molecule has 0 bridgehead atoms. The van der Waals surface area contributed by atoms with Crippen LogP contribution in [0, 0.1) is 5.53 Å². The van der Waals surface area contributed by atoms with Gasteiger partial charge in [-0.3, -0.25) is 0 Å². The van der Waals surface area contributed by atoms with Crippen LogP contribution in [0.1, 0.15) is 12.0 Å². The minimum atomic E-state index is 0.551. The SMILES string of the molecule is CN/C(=N\N=N)c1ccc2c(c1)nc(NCCCN(C)C)c1ccsc12. The second-order valence-corrected chi connectivity index (χ2v) is 7.15. The number of anilines is 1. The lowest BCUT2D eigenvalue weighted by Crippen LogP contribution is -2.19. The molecule has 0 saturated carbocycles. The van der Waals surface area contributed by atoms with Gasteiger partial charge in [-0.1, -0.05) is 17.4 Å². The van der Waals surface area contributed by atoms with Gasteiger partial charge in [-0.2, -0.15) is 5.53 Å². The Morgan fingerprint density at radius 2 is 2.12 bits per heavy atom. The molecule has 3 aromatic rings. The zero-order chi connectivity index (χ0) is 18.5. The topological polar surface area (TPSA) is 88.8 Å². The fourth-order valence-corrected chi connectivity index (χ4v) is 3.82. The van der Waals surface area contributed by atoms with Crippen LogP contribution in [0.5, 0.6) is 0 Å². The molecule has 0 fully saturated rings. The van der Waals surface area contributed by atoms with Gasteiger partial charge in [-0.25, -0.2) is 4.98 Å². The van der Waals surface area contributed by atoms with E-state index in [1.807, 2.05) is 12.1 Å². The minimum Gasteiger partial charge on any atom is -0.371 e. The Bertz CT molecular complexity index is 945. The number of benzene rings is 1. The Morgan fingerprint density at radius 1 is 1.27 bits per heavy atom. The van der Waals surface area contributed by atoms with E-state index in [2.05, 4.69) is 57.5 Å². The number of hydrogen-bond acceptors (Lipinski definition) is 6. The predicted molar refractivity (Wildman–Crippen MR) is 110 cm³/mol. The van der Waals surface area contributed by atoms with Gasteiger partial charge in [-0.05, 0) is 44.6 Å². The molecule has 1 aromatic carbocycles. The number of rotatable bonds is 7. The summed E-state index contributed by atoms with van der Waals surface area (Å²) in [4.78, 5) is 7.03. The van der Waals surface area contributed by atoms with E-state index < -0.39 is 0 Å². The predicted octanol–water partition coefficient (Wildman–Crippen LogP) is 3.73. The van der Waals surface area contributed by atoms with Gasteiger partial charge in [0.2, 0.25) is 0 Å². The highest BCUT2D eigenvalue weighted by Gasteiger charge is 2.11. The maximum atomic E-state index is 6.96. The second-order valence-electron chi connectivity index (χ2n) is 6.24. The molecule has 0 unspecified atom stereocenters. The van der Waals surface area contributed by atoms with Gasteiger partial charge in [0.05, 0.1) is 5.52 Å². The average Bonchev–Trinajstić information content (AvgIpc) is 3.12. The highest BCUT2D eigenvalue weighted by molar-refractivity contribution is 7.18. The summed E-state index contributed by atoms with van der Waals surface area (Å²) >= 11 is 1.72. The molecule has 0 spiro atoms. The summed E-state index contributed by atoms with van der Waals surface area (Å²) in [5.41, 5.74) is 8.73. The van der Waals surface area contributed by atoms with E-state index in [0.717, 1.165) is 47.2 Å². The van der Waals surface area contributed by atoms with Crippen LogP contribution in [-0.2, 0) is 0 Å². The maximum Gasteiger partial charge on any atom is 0.157 e. The highest BCUT2D eigenvalue weighted by Crippen LogP contribution is 2.33. The van der Waals surface area contributed by atoms with Gasteiger partial charge in [0.1, 0.15) is 5.82 Å². The van der Waals surface area contributed by atoms with Crippen LogP contribution in [0.4, 0.5) is 5.82 Å². The first kappa shape index (κ1) is 18.2. The van der Waals surface area contributed by atoms with E-state index in [-0.39, 0.29) is 0 Å². The summed E-state index contributed by atoms with van der Waals surface area (Å²) in [5.74, 6) is 1.47. The fraction of sp³-hybridized carbons (Fsp3) is 0.333. The number of aromatic nitrogens is 1. The molecule has 0 amide bonds. The number of amidine groups is 1. The van der Waals surface area contributed by atoms with Gasteiger partial charge in [0.15, 0.2) is 5.84 Å². The number of fused-ring (bicyclic) bond motifs is 3.